The Morgan fingerprint density at radius 3 is 2.79 bits per heavy atom. The van der Waals surface area contributed by atoms with Gasteiger partial charge in [-0.15, -0.1) is 0 Å². The lowest BCUT2D eigenvalue weighted by atomic mass is 9.76. The summed E-state index contributed by atoms with van der Waals surface area (Å²) in [4.78, 5) is 11.7. The molecule has 2 fully saturated rings. The van der Waals surface area contributed by atoms with Gasteiger partial charge in [0, 0.05) is 5.41 Å². The Morgan fingerprint density at radius 1 is 1.71 bits per heavy atom. The molecule has 3 atom stereocenters. The van der Waals surface area contributed by atoms with Crippen LogP contribution in [0, 0.1) is 28.6 Å². The molecule has 0 saturated heterocycles. The number of hydrogen-bond donors (Lipinski definition) is 0. The molecular formula is C12H15NO. The van der Waals surface area contributed by atoms with Gasteiger partial charge in [0.05, 0.1) is 12.0 Å². The van der Waals surface area contributed by atoms with E-state index in [0.29, 0.717) is 5.92 Å². The van der Waals surface area contributed by atoms with Gasteiger partial charge in [0.15, 0.2) is 0 Å². The Morgan fingerprint density at radius 2 is 2.43 bits per heavy atom. The fourth-order valence-corrected chi connectivity index (χ4v) is 2.85. The molecule has 0 bridgehead atoms. The number of nitriles is 1. The van der Waals surface area contributed by atoms with Gasteiger partial charge in [-0.25, -0.2) is 0 Å². The quantitative estimate of drug-likeness (QED) is 0.626. The zero-order chi connectivity index (χ0) is 10.3. The van der Waals surface area contributed by atoms with Crippen LogP contribution in [0.25, 0.3) is 0 Å². The first-order valence-electron chi connectivity index (χ1n) is 5.17. The molecule has 2 saturated carbocycles. The van der Waals surface area contributed by atoms with Crippen LogP contribution in [0.1, 0.15) is 32.6 Å². The predicted octanol–water partition coefficient (Wildman–Crippen LogP) is 2.46. The summed E-state index contributed by atoms with van der Waals surface area (Å²) in [5.74, 6) is 0.716. The summed E-state index contributed by atoms with van der Waals surface area (Å²) in [6, 6.07) is 2.28. The van der Waals surface area contributed by atoms with Crippen molar-refractivity contribution in [1.82, 2.24) is 0 Å². The van der Waals surface area contributed by atoms with Gasteiger partial charge < -0.3 is 0 Å². The highest BCUT2D eigenvalue weighted by atomic mass is 16.1. The number of carbonyl (C=O) groups excluding carboxylic acids is 1. The number of nitrogens with zero attached hydrogens (tertiary/aromatic N) is 1. The van der Waals surface area contributed by atoms with E-state index in [-0.39, 0.29) is 17.1 Å². The van der Waals surface area contributed by atoms with E-state index in [1.54, 1.807) is 6.92 Å². The molecule has 0 heterocycles. The summed E-state index contributed by atoms with van der Waals surface area (Å²) in [5, 5.41) is 8.82. The zero-order valence-electron chi connectivity index (χ0n) is 8.55. The van der Waals surface area contributed by atoms with E-state index in [4.69, 9.17) is 5.26 Å². The molecule has 2 heteroatoms. The van der Waals surface area contributed by atoms with Crippen molar-refractivity contribution < 1.29 is 4.79 Å². The Hall–Kier alpha value is -1.10. The molecule has 0 spiro atoms. The zero-order valence-corrected chi connectivity index (χ0v) is 8.55. The molecule has 2 nitrogen and oxygen atoms in total. The summed E-state index contributed by atoms with van der Waals surface area (Å²) >= 11 is 0. The Labute approximate surface area is 84.6 Å². The third-order valence-corrected chi connectivity index (χ3v) is 3.86. The molecular weight excluding hydrogens is 174 g/mol. The van der Waals surface area contributed by atoms with Crippen molar-refractivity contribution in [2.24, 2.45) is 17.3 Å². The lowest BCUT2D eigenvalue weighted by Gasteiger charge is -2.25. The van der Waals surface area contributed by atoms with E-state index in [1.165, 1.54) is 5.57 Å². The smallest absolute Gasteiger partial charge is 0.136 e. The first kappa shape index (κ1) is 9.45. The van der Waals surface area contributed by atoms with Crippen molar-refractivity contribution in [1.29, 1.82) is 5.26 Å². The minimum absolute atomic E-state index is 0.129. The van der Waals surface area contributed by atoms with Crippen LogP contribution in [0.15, 0.2) is 12.2 Å². The standard InChI is InChI=1S/C12H15NO/c1-8-3-4-12(6-8,9(2)14)11-5-10(11)7-13/h10-11H,1,3-6H2,2H3. The molecule has 3 unspecified atom stereocenters. The number of rotatable bonds is 2. The van der Waals surface area contributed by atoms with E-state index in [0.717, 1.165) is 25.7 Å². The van der Waals surface area contributed by atoms with Crippen LogP contribution in [0.4, 0.5) is 0 Å². The molecule has 0 N–H and O–H groups in total. The first-order chi connectivity index (χ1) is 6.60. The molecule has 14 heavy (non-hydrogen) atoms. The van der Waals surface area contributed by atoms with Gasteiger partial charge in [0.1, 0.15) is 5.78 Å². The van der Waals surface area contributed by atoms with Crippen molar-refractivity contribution in [2.75, 3.05) is 0 Å². The minimum Gasteiger partial charge on any atom is -0.299 e. The number of carbonyl (C=O) groups is 1. The molecule has 0 aliphatic heterocycles. The number of ketones is 1. The molecule has 0 aromatic rings. The fraction of sp³-hybridized carbons (Fsp3) is 0.667. The van der Waals surface area contributed by atoms with Gasteiger partial charge in [-0.05, 0) is 38.5 Å². The second kappa shape index (κ2) is 2.95. The second-order valence-corrected chi connectivity index (χ2v) is 4.72. The fourth-order valence-electron chi connectivity index (χ4n) is 2.85. The highest BCUT2D eigenvalue weighted by Gasteiger charge is 2.57. The molecule has 2 aliphatic rings. The average Bonchev–Trinajstić information content (AvgIpc) is 2.83. The summed E-state index contributed by atoms with van der Waals surface area (Å²) in [6.07, 6.45) is 3.63. The number of allylic oxidation sites excluding steroid dienone is 1. The van der Waals surface area contributed by atoms with Crippen LogP contribution < -0.4 is 0 Å². The Kier molecular flexibility index (Phi) is 1.99. The maximum atomic E-state index is 11.7. The Balaban J connectivity index is 2.22. The largest absolute Gasteiger partial charge is 0.299 e. The summed E-state index contributed by atoms with van der Waals surface area (Å²) in [7, 11) is 0. The molecule has 0 radical (unpaired) electrons. The van der Waals surface area contributed by atoms with Crippen LogP contribution in [0.2, 0.25) is 0 Å². The molecule has 0 amide bonds. The molecule has 74 valence electrons. The monoisotopic (exact) mass is 189 g/mol. The Bertz CT molecular complexity index is 339. The maximum Gasteiger partial charge on any atom is 0.136 e. The van der Waals surface area contributed by atoms with Crippen LogP contribution in [0.3, 0.4) is 0 Å². The second-order valence-electron chi connectivity index (χ2n) is 4.72. The third kappa shape index (κ3) is 1.19. The lowest BCUT2D eigenvalue weighted by molar-refractivity contribution is -0.127. The summed E-state index contributed by atoms with van der Waals surface area (Å²) in [6.45, 7) is 5.63. The van der Waals surface area contributed by atoms with Crippen LogP contribution in [0.5, 0.6) is 0 Å². The molecule has 0 aromatic heterocycles. The minimum atomic E-state index is -0.211. The number of hydrogen-bond acceptors (Lipinski definition) is 2. The SMILES string of the molecule is C=C1CCC(C(C)=O)(C2CC2C#N)C1. The predicted molar refractivity (Wildman–Crippen MR) is 53.3 cm³/mol. The van der Waals surface area contributed by atoms with Crippen molar-refractivity contribution >= 4 is 5.78 Å². The van der Waals surface area contributed by atoms with Crippen molar-refractivity contribution in [3.8, 4) is 6.07 Å². The van der Waals surface area contributed by atoms with E-state index in [2.05, 4.69) is 12.6 Å². The van der Waals surface area contributed by atoms with E-state index >= 15 is 0 Å². The maximum absolute atomic E-state index is 11.7. The van der Waals surface area contributed by atoms with Gasteiger partial charge >= 0.3 is 0 Å². The summed E-state index contributed by atoms with van der Waals surface area (Å²) < 4.78 is 0. The lowest BCUT2D eigenvalue weighted by Crippen LogP contribution is -2.29. The average molecular weight is 189 g/mol. The van der Waals surface area contributed by atoms with Crippen molar-refractivity contribution in [2.45, 2.75) is 32.6 Å². The number of Topliss-reactive ketones (excluding diaryl/α,β-unsaturated/α-hetero) is 1. The molecule has 0 aromatic carbocycles. The van der Waals surface area contributed by atoms with Gasteiger partial charge in [-0.2, -0.15) is 5.26 Å². The molecule has 2 aliphatic carbocycles. The van der Waals surface area contributed by atoms with Gasteiger partial charge in [0.25, 0.3) is 0 Å². The highest BCUT2D eigenvalue weighted by molar-refractivity contribution is 5.84. The normalized spacial score (nSPS) is 40.7. The van der Waals surface area contributed by atoms with E-state index < -0.39 is 0 Å². The van der Waals surface area contributed by atoms with Crippen molar-refractivity contribution in [3.63, 3.8) is 0 Å². The topological polar surface area (TPSA) is 40.9 Å². The van der Waals surface area contributed by atoms with Gasteiger partial charge in [-0.3, -0.25) is 4.79 Å². The van der Waals surface area contributed by atoms with Crippen LogP contribution in [-0.4, -0.2) is 5.78 Å². The summed E-state index contributed by atoms with van der Waals surface area (Å²) in [5.41, 5.74) is 0.973. The first-order valence-corrected chi connectivity index (χ1v) is 5.17. The molecule has 2 rings (SSSR count). The van der Waals surface area contributed by atoms with Crippen LogP contribution >= 0.6 is 0 Å². The van der Waals surface area contributed by atoms with E-state index in [9.17, 15) is 4.79 Å². The van der Waals surface area contributed by atoms with Gasteiger partial charge in [-0.1, -0.05) is 12.2 Å². The van der Waals surface area contributed by atoms with Gasteiger partial charge in [0.2, 0.25) is 0 Å². The van der Waals surface area contributed by atoms with E-state index in [1.807, 2.05) is 0 Å². The van der Waals surface area contributed by atoms with Crippen molar-refractivity contribution in [3.05, 3.63) is 12.2 Å². The van der Waals surface area contributed by atoms with Crippen LogP contribution in [-0.2, 0) is 4.79 Å². The third-order valence-electron chi connectivity index (χ3n) is 3.86. The highest BCUT2D eigenvalue weighted by Crippen LogP contribution is 2.59.